The Bertz CT molecular complexity index is 455. The number of hydrogen-bond donors (Lipinski definition) is 0. The van der Waals surface area contributed by atoms with E-state index in [1.165, 1.54) is 4.88 Å². The zero-order valence-corrected chi connectivity index (χ0v) is 11.4. The summed E-state index contributed by atoms with van der Waals surface area (Å²) >= 11 is 7.44. The highest BCUT2D eigenvalue weighted by Gasteiger charge is 2.14. The highest BCUT2D eigenvalue weighted by Crippen LogP contribution is 2.26. The first-order chi connectivity index (χ1) is 8.22. The summed E-state index contributed by atoms with van der Waals surface area (Å²) in [5.41, 5.74) is 0.799. The van der Waals surface area contributed by atoms with Crippen molar-refractivity contribution in [2.45, 2.75) is 18.8 Å². The Morgan fingerprint density at radius 3 is 2.71 bits per heavy atom. The number of nitrogens with zero attached hydrogens (tertiary/aromatic N) is 3. The van der Waals surface area contributed by atoms with Crippen LogP contribution >= 0.6 is 22.9 Å². The summed E-state index contributed by atoms with van der Waals surface area (Å²) in [6.45, 7) is 2.16. The molecule has 2 heterocycles. The Hall–Kier alpha value is -1.13. The molecule has 2 aromatic rings. The number of thiophene rings is 1. The van der Waals surface area contributed by atoms with E-state index in [1.807, 2.05) is 19.2 Å². The van der Waals surface area contributed by atoms with Gasteiger partial charge in [-0.2, -0.15) is 5.10 Å². The molecule has 0 saturated carbocycles. The number of alkyl halides is 1. The quantitative estimate of drug-likeness (QED) is 0.795. The molecule has 0 bridgehead atoms. The van der Waals surface area contributed by atoms with Gasteiger partial charge in [-0.3, -0.25) is 0 Å². The van der Waals surface area contributed by atoms with Crippen molar-refractivity contribution >= 4 is 28.8 Å². The highest BCUT2D eigenvalue weighted by atomic mass is 35.5. The molecule has 90 valence electrons. The van der Waals surface area contributed by atoms with E-state index < -0.39 is 0 Å². The number of halogens is 1. The highest BCUT2D eigenvalue weighted by molar-refractivity contribution is 7.10. The lowest BCUT2D eigenvalue weighted by Gasteiger charge is -2.24. The lowest BCUT2D eigenvalue weighted by molar-refractivity contribution is 0.730. The van der Waals surface area contributed by atoms with Gasteiger partial charge in [0.1, 0.15) is 0 Å². The van der Waals surface area contributed by atoms with Gasteiger partial charge in [-0.05, 0) is 30.5 Å². The van der Waals surface area contributed by atoms with Crippen LogP contribution in [0.1, 0.15) is 23.5 Å². The topological polar surface area (TPSA) is 29.0 Å². The van der Waals surface area contributed by atoms with Crippen LogP contribution in [0.15, 0.2) is 29.6 Å². The summed E-state index contributed by atoms with van der Waals surface area (Å²) < 4.78 is 0. The first-order valence-electron chi connectivity index (χ1n) is 5.37. The standard InChI is InChI=1S/C12H14ClN3S/c1-9(11-4-3-7-17-11)16(2)12-6-5-10(8-13)14-15-12/h3-7,9H,8H2,1-2H3. The van der Waals surface area contributed by atoms with Crippen LogP contribution in [0.25, 0.3) is 0 Å². The molecule has 17 heavy (non-hydrogen) atoms. The molecule has 0 aliphatic carbocycles. The Kier molecular flexibility index (Phi) is 3.97. The minimum atomic E-state index is 0.297. The van der Waals surface area contributed by atoms with Crippen molar-refractivity contribution in [1.82, 2.24) is 10.2 Å². The maximum atomic E-state index is 5.69. The second-order valence-electron chi connectivity index (χ2n) is 3.82. The zero-order valence-electron chi connectivity index (χ0n) is 9.80. The van der Waals surface area contributed by atoms with Crippen LogP contribution in [-0.4, -0.2) is 17.2 Å². The van der Waals surface area contributed by atoms with E-state index >= 15 is 0 Å². The number of rotatable bonds is 4. The first kappa shape index (κ1) is 12.3. The van der Waals surface area contributed by atoms with E-state index in [0.29, 0.717) is 11.9 Å². The van der Waals surface area contributed by atoms with E-state index in [4.69, 9.17) is 11.6 Å². The van der Waals surface area contributed by atoms with Gasteiger partial charge in [-0.1, -0.05) is 6.07 Å². The predicted molar refractivity (Wildman–Crippen MR) is 72.7 cm³/mol. The molecule has 0 saturated heterocycles. The molecule has 0 aromatic carbocycles. The van der Waals surface area contributed by atoms with Gasteiger partial charge in [0.05, 0.1) is 17.6 Å². The predicted octanol–water partition coefficient (Wildman–Crippen LogP) is 3.47. The largest absolute Gasteiger partial charge is 0.351 e. The number of aromatic nitrogens is 2. The van der Waals surface area contributed by atoms with Crippen molar-refractivity contribution in [1.29, 1.82) is 0 Å². The van der Waals surface area contributed by atoms with Gasteiger partial charge in [0.15, 0.2) is 5.82 Å². The fourth-order valence-corrected chi connectivity index (χ4v) is 2.50. The molecule has 0 amide bonds. The summed E-state index contributed by atoms with van der Waals surface area (Å²) in [6, 6.07) is 8.35. The Morgan fingerprint density at radius 2 is 2.18 bits per heavy atom. The number of hydrogen-bond acceptors (Lipinski definition) is 4. The lowest BCUT2D eigenvalue weighted by atomic mass is 10.2. The van der Waals surface area contributed by atoms with E-state index in [-0.39, 0.29) is 0 Å². The summed E-state index contributed by atoms with van der Waals surface area (Å²) in [5, 5.41) is 10.3. The third-order valence-electron chi connectivity index (χ3n) is 2.74. The Balaban J connectivity index is 2.16. The third-order valence-corrected chi connectivity index (χ3v) is 4.06. The Morgan fingerprint density at radius 1 is 1.35 bits per heavy atom. The first-order valence-corrected chi connectivity index (χ1v) is 6.78. The Labute approximate surface area is 110 Å². The van der Waals surface area contributed by atoms with E-state index in [9.17, 15) is 0 Å². The van der Waals surface area contributed by atoms with Crippen LogP contribution in [0.5, 0.6) is 0 Å². The molecule has 0 aliphatic heterocycles. The van der Waals surface area contributed by atoms with Gasteiger partial charge >= 0.3 is 0 Å². The molecule has 2 aromatic heterocycles. The van der Waals surface area contributed by atoms with Gasteiger partial charge in [-0.15, -0.1) is 28.0 Å². The second-order valence-corrected chi connectivity index (χ2v) is 5.07. The van der Waals surface area contributed by atoms with Crippen molar-refractivity contribution in [2.24, 2.45) is 0 Å². The van der Waals surface area contributed by atoms with Crippen molar-refractivity contribution in [3.8, 4) is 0 Å². The van der Waals surface area contributed by atoms with Gasteiger partial charge in [-0.25, -0.2) is 0 Å². The van der Waals surface area contributed by atoms with Crippen molar-refractivity contribution in [3.63, 3.8) is 0 Å². The van der Waals surface area contributed by atoms with E-state index in [1.54, 1.807) is 11.3 Å². The number of anilines is 1. The van der Waals surface area contributed by atoms with Crippen molar-refractivity contribution < 1.29 is 0 Å². The molecule has 0 aliphatic rings. The molecule has 0 spiro atoms. The van der Waals surface area contributed by atoms with Crippen molar-refractivity contribution in [3.05, 3.63) is 40.2 Å². The summed E-state index contributed by atoms with van der Waals surface area (Å²) in [5.74, 6) is 1.26. The molecule has 0 fully saturated rings. The van der Waals surface area contributed by atoms with Crippen LogP contribution in [0.2, 0.25) is 0 Å². The van der Waals surface area contributed by atoms with Gasteiger partial charge < -0.3 is 4.90 Å². The molecule has 5 heteroatoms. The third kappa shape index (κ3) is 2.76. The lowest BCUT2D eigenvalue weighted by Crippen LogP contribution is -2.22. The smallest absolute Gasteiger partial charge is 0.151 e. The van der Waals surface area contributed by atoms with Gasteiger partial charge in [0.2, 0.25) is 0 Å². The normalized spacial score (nSPS) is 12.4. The molecule has 0 radical (unpaired) electrons. The minimum absolute atomic E-state index is 0.297. The zero-order chi connectivity index (χ0) is 12.3. The summed E-state index contributed by atoms with van der Waals surface area (Å²) in [4.78, 5) is 3.42. The average Bonchev–Trinajstić information content (AvgIpc) is 2.91. The average molecular weight is 268 g/mol. The van der Waals surface area contributed by atoms with Gasteiger partial charge in [0.25, 0.3) is 0 Å². The van der Waals surface area contributed by atoms with Crippen LogP contribution in [-0.2, 0) is 5.88 Å². The monoisotopic (exact) mass is 267 g/mol. The molecule has 3 nitrogen and oxygen atoms in total. The maximum absolute atomic E-state index is 5.69. The molecule has 0 N–H and O–H groups in total. The summed E-state index contributed by atoms with van der Waals surface area (Å²) in [7, 11) is 2.02. The van der Waals surface area contributed by atoms with Crippen LogP contribution in [0.4, 0.5) is 5.82 Å². The van der Waals surface area contributed by atoms with E-state index in [0.717, 1.165) is 11.5 Å². The molecule has 2 rings (SSSR count). The van der Waals surface area contributed by atoms with Crippen LogP contribution < -0.4 is 4.90 Å². The maximum Gasteiger partial charge on any atom is 0.151 e. The van der Waals surface area contributed by atoms with Crippen molar-refractivity contribution in [2.75, 3.05) is 11.9 Å². The molecule has 1 unspecified atom stereocenters. The van der Waals surface area contributed by atoms with Gasteiger partial charge in [0, 0.05) is 11.9 Å². The van der Waals surface area contributed by atoms with Crippen LogP contribution in [0.3, 0.4) is 0 Å². The fraction of sp³-hybridized carbons (Fsp3) is 0.333. The van der Waals surface area contributed by atoms with Crippen LogP contribution in [0, 0.1) is 0 Å². The second kappa shape index (κ2) is 5.47. The van der Waals surface area contributed by atoms with E-state index in [2.05, 4.69) is 39.5 Å². The molecular weight excluding hydrogens is 254 g/mol. The fourth-order valence-electron chi connectivity index (χ4n) is 1.53. The molecular formula is C12H14ClN3S. The molecule has 1 atom stereocenters. The SMILES string of the molecule is CC(c1cccs1)N(C)c1ccc(CCl)nn1. The minimum Gasteiger partial charge on any atom is -0.351 e. The summed E-state index contributed by atoms with van der Waals surface area (Å²) in [6.07, 6.45) is 0.